The second-order valence-electron chi connectivity index (χ2n) is 5.63. The van der Waals surface area contributed by atoms with Crippen molar-refractivity contribution < 1.29 is 13.9 Å². The monoisotopic (exact) mass is 384 g/mol. The zero-order valence-electron chi connectivity index (χ0n) is 14.3. The molecule has 0 aliphatic heterocycles. The molecule has 1 aromatic heterocycles. The quantitative estimate of drug-likeness (QED) is 0.484. The minimum absolute atomic E-state index is 0.117. The van der Waals surface area contributed by atoms with Crippen LogP contribution in [-0.2, 0) is 17.8 Å². The summed E-state index contributed by atoms with van der Waals surface area (Å²) in [5.41, 5.74) is 10.2. The Morgan fingerprint density at radius 3 is 2.85 bits per heavy atom. The summed E-state index contributed by atoms with van der Waals surface area (Å²) in [5, 5.41) is 6.10. The van der Waals surface area contributed by atoms with Crippen LogP contribution in [0.2, 0.25) is 0 Å². The van der Waals surface area contributed by atoms with E-state index < -0.39 is 0 Å². The van der Waals surface area contributed by atoms with Gasteiger partial charge in [0, 0.05) is 5.38 Å². The molecule has 2 aromatic carbocycles. The fourth-order valence-corrected chi connectivity index (χ4v) is 2.78. The molecule has 0 saturated heterocycles. The lowest BCUT2D eigenvalue weighted by atomic mass is 10.2. The maximum Gasteiger partial charge on any atom is 0.246 e. The van der Waals surface area contributed by atoms with Crippen molar-refractivity contribution in [3.8, 4) is 5.75 Å². The third kappa shape index (κ3) is 5.89. The third-order valence-corrected chi connectivity index (χ3v) is 4.21. The van der Waals surface area contributed by atoms with Gasteiger partial charge in [0.15, 0.2) is 5.13 Å². The van der Waals surface area contributed by atoms with Gasteiger partial charge in [0.1, 0.15) is 18.2 Å². The van der Waals surface area contributed by atoms with Gasteiger partial charge in [0.05, 0.1) is 18.3 Å². The fraction of sp³-hybridized carbons (Fsp3) is 0.105. The minimum Gasteiger partial charge on any atom is -0.489 e. The van der Waals surface area contributed by atoms with Crippen LogP contribution in [0.1, 0.15) is 16.8 Å². The molecule has 27 heavy (non-hydrogen) atoms. The number of anilines is 1. The van der Waals surface area contributed by atoms with Gasteiger partial charge in [-0.15, -0.1) is 11.3 Å². The van der Waals surface area contributed by atoms with Gasteiger partial charge in [-0.3, -0.25) is 4.79 Å². The number of amides is 1. The van der Waals surface area contributed by atoms with Crippen molar-refractivity contribution in [2.45, 2.75) is 13.0 Å². The average molecular weight is 384 g/mol. The summed E-state index contributed by atoms with van der Waals surface area (Å²) in [6.45, 7) is 0.328. The van der Waals surface area contributed by atoms with Crippen molar-refractivity contribution in [2.75, 3.05) is 5.73 Å². The zero-order valence-corrected chi connectivity index (χ0v) is 15.1. The number of carbonyl (C=O) groups excluding carboxylic acids is 1. The Hall–Kier alpha value is -3.26. The number of benzene rings is 2. The van der Waals surface area contributed by atoms with Crippen LogP contribution in [0.3, 0.4) is 0 Å². The molecule has 1 heterocycles. The van der Waals surface area contributed by atoms with E-state index in [9.17, 15) is 9.18 Å². The maximum atomic E-state index is 12.9. The Balaban J connectivity index is 1.51. The topological polar surface area (TPSA) is 89.6 Å². The van der Waals surface area contributed by atoms with Gasteiger partial charge in [0.2, 0.25) is 5.91 Å². The molecular weight excluding hydrogens is 367 g/mol. The summed E-state index contributed by atoms with van der Waals surface area (Å²) in [5.74, 6) is 0.0880. The number of ether oxygens (including phenoxy) is 1. The molecule has 0 aliphatic carbocycles. The van der Waals surface area contributed by atoms with Gasteiger partial charge >= 0.3 is 0 Å². The standard InChI is InChI=1S/C19H17FN4O2S/c20-15-6-4-13(5-7-15)11-26-17-3-1-2-14(8-17)10-22-24-18(25)9-16-12-27-19(21)23-16/h1-8,10,12H,9,11H2,(H2,21,23)(H,24,25)/b22-10+. The van der Waals surface area contributed by atoms with E-state index >= 15 is 0 Å². The van der Waals surface area contributed by atoms with E-state index in [0.717, 1.165) is 11.1 Å². The second-order valence-corrected chi connectivity index (χ2v) is 6.52. The van der Waals surface area contributed by atoms with Gasteiger partial charge in [-0.1, -0.05) is 24.3 Å². The van der Waals surface area contributed by atoms with Crippen molar-refractivity contribution >= 4 is 28.6 Å². The summed E-state index contributed by atoms with van der Waals surface area (Å²) >= 11 is 1.29. The van der Waals surface area contributed by atoms with Crippen molar-refractivity contribution in [1.29, 1.82) is 0 Å². The van der Waals surface area contributed by atoms with Crippen LogP contribution in [0, 0.1) is 5.82 Å². The molecule has 138 valence electrons. The van der Waals surface area contributed by atoms with E-state index in [0.29, 0.717) is 23.2 Å². The summed E-state index contributed by atoms with van der Waals surface area (Å²) in [6.07, 6.45) is 1.64. The van der Waals surface area contributed by atoms with Gasteiger partial charge in [-0.05, 0) is 35.4 Å². The Kier molecular flexibility index (Phi) is 6.11. The fourth-order valence-electron chi connectivity index (χ4n) is 2.22. The van der Waals surface area contributed by atoms with Crippen molar-refractivity contribution in [2.24, 2.45) is 5.10 Å². The number of halogens is 1. The molecule has 6 nitrogen and oxygen atoms in total. The van der Waals surface area contributed by atoms with Crippen molar-refractivity contribution in [1.82, 2.24) is 10.4 Å². The number of hydrogen-bond acceptors (Lipinski definition) is 6. The first-order chi connectivity index (χ1) is 13.1. The number of carbonyl (C=O) groups is 1. The Morgan fingerprint density at radius 1 is 1.30 bits per heavy atom. The predicted molar refractivity (Wildman–Crippen MR) is 103 cm³/mol. The van der Waals surface area contributed by atoms with E-state index in [4.69, 9.17) is 10.5 Å². The molecule has 0 saturated carbocycles. The van der Waals surface area contributed by atoms with E-state index in [-0.39, 0.29) is 18.1 Å². The van der Waals surface area contributed by atoms with Crippen LogP contribution >= 0.6 is 11.3 Å². The van der Waals surface area contributed by atoms with E-state index in [1.54, 1.807) is 23.6 Å². The molecule has 1 amide bonds. The van der Waals surface area contributed by atoms with E-state index in [2.05, 4.69) is 15.5 Å². The molecule has 0 aliphatic rings. The number of nitrogens with one attached hydrogen (secondary N) is 1. The van der Waals surface area contributed by atoms with Gasteiger partial charge in [0.25, 0.3) is 0 Å². The number of thiazole rings is 1. The first-order valence-electron chi connectivity index (χ1n) is 8.07. The maximum absolute atomic E-state index is 12.9. The number of aromatic nitrogens is 1. The van der Waals surface area contributed by atoms with Crippen LogP contribution in [0.5, 0.6) is 5.75 Å². The lowest BCUT2D eigenvalue weighted by Gasteiger charge is -2.07. The summed E-state index contributed by atoms with van der Waals surface area (Å²) in [6, 6.07) is 13.4. The number of hydrazone groups is 1. The molecule has 3 N–H and O–H groups in total. The normalized spacial score (nSPS) is 10.9. The largest absolute Gasteiger partial charge is 0.489 e. The SMILES string of the molecule is Nc1nc(CC(=O)N/N=C/c2cccc(OCc3ccc(F)cc3)c2)cs1. The van der Waals surface area contributed by atoms with Crippen molar-refractivity contribution in [3.05, 3.63) is 76.5 Å². The second kappa shape index (κ2) is 8.91. The van der Waals surface area contributed by atoms with Crippen LogP contribution in [0.4, 0.5) is 9.52 Å². The highest BCUT2D eigenvalue weighted by Gasteiger charge is 2.05. The summed E-state index contributed by atoms with van der Waals surface area (Å²) < 4.78 is 18.6. The highest BCUT2D eigenvalue weighted by atomic mass is 32.1. The predicted octanol–water partition coefficient (Wildman–Crippen LogP) is 3.14. The van der Waals surface area contributed by atoms with Crippen LogP contribution < -0.4 is 15.9 Å². The smallest absolute Gasteiger partial charge is 0.246 e. The lowest BCUT2D eigenvalue weighted by Crippen LogP contribution is -2.19. The number of nitrogens with zero attached hydrogens (tertiary/aromatic N) is 2. The van der Waals surface area contributed by atoms with Gasteiger partial charge in [-0.25, -0.2) is 14.8 Å². The van der Waals surface area contributed by atoms with Crippen LogP contribution in [-0.4, -0.2) is 17.1 Å². The number of hydrogen-bond donors (Lipinski definition) is 2. The lowest BCUT2D eigenvalue weighted by molar-refractivity contribution is -0.120. The van der Waals surface area contributed by atoms with Gasteiger partial charge < -0.3 is 10.5 Å². The first kappa shape index (κ1) is 18.5. The highest BCUT2D eigenvalue weighted by Crippen LogP contribution is 2.15. The number of nitrogens with two attached hydrogens (primary N) is 1. The Morgan fingerprint density at radius 2 is 2.11 bits per heavy atom. The average Bonchev–Trinajstić information content (AvgIpc) is 3.06. The van der Waals surface area contributed by atoms with Crippen LogP contribution in [0.25, 0.3) is 0 Å². The third-order valence-electron chi connectivity index (χ3n) is 3.49. The summed E-state index contributed by atoms with van der Waals surface area (Å²) in [4.78, 5) is 15.8. The summed E-state index contributed by atoms with van der Waals surface area (Å²) in [7, 11) is 0. The van der Waals surface area contributed by atoms with Gasteiger partial charge in [-0.2, -0.15) is 5.10 Å². The van der Waals surface area contributed by atoms with E-state index in [1.165, 1.54) is 29.7 Å². The van der Waals surface area contributed by atoms with E-state index in [1.807, 2.05) is 18.2 Å². The van der Waals surface area contributed by atoms with Crippen LogP contribution in [0.15, 0.2) is 59.0 Å². The Labute approximate surface area is 159 Å². The highest BCUT2D eigenvalue weighted by molar-refractivity contribution is 7.13. The molecule has 0 bridgehead atoms. The molecule has 0 fully saturated rings. The molecule has 8 heteroatoms. The number of nitrogen functional groups attached to an aromatic ring is 1. The minimum atomic E-state index is -0.280. The molecular formula is C19H17FN4O2S. The zero-order chi connectivity index (χ0) is 19.1. The first-order valence-corrected chi connectivity index (χ1v) is 8.95. The molecule has 0 atom stereocenters. The molecule has 3 aromatic rings. The molecule has 0 radical (unpaired) electrons. The Bertz CT molecular complexity index is 941. The van der Waals surface area contributed by atoms with Crippen molar-refractivity contribution in [3.63, 3.8) is 0 Å². The number of rotatable bonds is 7. The molecule has 0 unspecified atom stereocenters. The molecule has 0 spiro atoms. The molecule has 3 rings (SSSR count).